The van der Waals surface area contributed by atoms with E-state index in [4.69, 9.17) is 5.73 Å². The highest BCUT2D eigenvalue weighted by Crippen LogP contribution is 2.19. The SMILES string of the molecule is Cn1c(N)c(S(=O)(=O)Nc2ccc(Br)cc2)c(=O)n(C)c1=O. The molecule has 3 N–H and O–H groups in total. The van der Waals surface area contributed by atoms with Gasteiger partial charge in [-0.2, -0.15) is 0 Å². The minimum absolute atomic E-state index is 0.263. The van der Waals surface area contributed by atoms with Gasteiger partial charge in [0.15, 0.2) is 4.90 Å². The van der Waals surface area contributed by atoms with Gasteiger partial charge in [0.1, 0.15) is 5.82 Å². The molecule has 0 fully saturated rings. The summed E-state index contributed by atoms with van der Waals surface area (Å²) in [5.41, 5.74) is 4.22. The maximum Gasteiger partial charge on any atom is 0.332 e. The van der Waals surface area contributed by atoms with E-state index in [9.17, 15) is 18.0 Å². The van der Waals surface area contributed by atoms with Crippen molar-refractivity contribution >= 4 is 37.5 Å². The standard InChI is InChI=1S/C12H13BrN4O4S/c1-16-10(14)9(11(18)17(2)12(16)19)22(20,21)15-8-5-3-7(13)4-6-8/h3-6,15H,14H2,1-2H3. The summed E-state index contributed by atoms with van der Waals surface area (Å²) in [5, 5.41) is 0. The van der Waals surface area contributed by atoms with Crippen molar-refractivity contribution in [1.82, 2.24) is 9.13 Å². The summed E-state index contributed by atoms with van der Waals surface area (Å²) >= 11 is 3.23. The van der Waals surface area contributed by atoms with Crippen LogP contribution in [-0.2, 0) is 24.1 Å². The lowest BCUT2D eigenvalue weighted by molar-refractivity contribution is 0.591. The lowest BCUT2D eigenvalue weighted by Crippen LogP contribution is -2.42. The van der Waals surface area contributed by atoms with Crippen LogP contribution in [0.4, 0.5) is 11.5 Å². The van der Waals surface area contributed by atoms with Gasteiger partial charge in [-0.3, -0.25) is 18.7 Å². The molecule has 2 aromatic rings. The molecule has 0 aliphatic rings. The summed E-state index contributed by atoms with van der Waals surface area (Å²) in [6, 6.07) is 6.31. The maximum atomic E-state index is 12.4. The number of nitrogens with two attached hydrogens (primary N) is 1. The fourth-order valence-electron chi connectivity index (χ4n) is 1.81. The molecule has 0 spiro atoms. The van der Waals surface area contributed by atoms with Crippen LogP contribution < -0.4 is 21.7 Å². The van der Waals surface area contributed by atoms with Crippen molar-refractivity contribution < 1.29 is 8.42 Å². The van der Waals surface area contributed by atoms with Crippen molar-refractivity contribution in [2.45, 2.75) is 4.90 Å². The summed E-state index contributed by atoms with van der Waals surface area (Å²) in [5.74, 6) is -0.419. The number of hydrogen-bond acceptors (Lipinski definition) is 5. The zero-order valence-corrected chi connectivity index (χ0v) is 14.1. The Labute approximate surface area is 134 Å². The van der Waals surface area contributed by atoms with Crippen LogP contribution in [0.5, 0.6) is 0 Å². The average molecular weight is 389 g/mol. The minimum Gasteiger partial charge on any atom is -0.384 e. The van der Waals surface area contributed by atoms with E-state index >= 15 is 0 Å². The predicted octanol–water partition coefficient (Wildman–Crippen LogP) is 0.229. The van der Waals surface area contributed by atoms with Gasteiger partial charge in [-0.1, -0.05) is 15.9 Å². The normalized spacial score (nSPS) is 11.4. The molecule has 1 heterocycles. The first-order valence-corrected chi connectivity index (χ1v) is 8.26. The van der Waals surface area contributed by atoms with Crippen LogP contribution in [0.15, 0.2) is 43.2 Å². The van der Waals surface area contributed by atoms with E-state index in [0.717, 1.165) is 9.04 Å². The van der Waals surface area contributed by atoms with E-state index in [0.29, 0.717) is 4.57 Å². The van der Waals surface area contributed by atoms with Gasteiger partial charge in [0.25, 0.3) is 15.6 Å². The van der Waals surface area contributed by atoms with E-state index in [-0.39, 0.29) is 5.69 Å². The third kappa shape index (κ3) is 2.79. The van der Waals surface area contributed by atoms with Crippen molar-refractivity contribution in [3.8, 4) is 0 Å². The quantitative estimate of drug-likeness (QED) is 0.780. The molecule has 10 heteroatoms. The van der Waals surface area contributed by atoms with Crippen molar-refractivity contribution in [2.75, 3.05) is 10.5 Å². The third-order valence-electron chi connectivity index (χ3n) is 3.03. The number of hydrogen-bond donors (Lipinski definition) is 2. The molecule has 0 unspecified atom stereocenters. The smallest absolute Gasteiger partial charge is 0.332 e. The summed E-state index contributed by atoms with van der Waals surface area (Å²) in [6.45, 7) is 0. The molecule has 22 heavy (non-hydrogen) atoms. The van der Waals surface area contributed by atoms with Crippen LogP contribution in [0.25, 0.3) is 0 Å². The molecule has 0 atom stereocenters. The number of rotatable bonds is 3. The topological polar surface area (TPSA) is 116 Å². The van der Waals surface area contributed by atoms with E-state index in [1.807, 2.05) is 0 Å². The first-order valence-electron chi connectivity index (χ1n) is 5.99. The number of benzene rings is 1. The average Bonchev–Trinajstić information content (AvgIpc) is 2.45. The number of nitrogens with one attached hydrogen (secondary N) is 1. The van der Waals surface area contributed by atoms with Crippen LogP contribution in [-0.4, -0.2) is 17.6 Å². The van der Waals surface area contributed by atoms with E-state index in [2.05, 4.69) is 20.7 Å². The van der Waals surface area contributed by atoms with E-state index in [1.165, 1.54) is 26.2 Å². The van der Waals surface area contributed by atoms with Crippen LogP contribution >= 0.6 is 15.9 Å². The van der Waals surface area contributed by atoms with Gasteiger partial charge in [-0.05, 0) is 24.3 Å². The number of halogens is 1. The molecule has 8 nitrogen and oxygen atoms in total. The largest absolute Gasteiger partial charge is 0.384 e. The Hall–Kier alpha value is -2.07. The Morgan fingerprint density at radius 3 is 2.18 bits per heavy atom. The Kier molecular flexibility index (Phi) is 4.16. The van der Waals surface area contributed by atoms with Crippen LogP contribution in [0.1, 0.15) is 0 Å². The second-order valence-corrected chi connectivity index (χ2v) is 7.07. The number of nitrogens with zero attached hydrogens (tertiary/aromatic N) is 2. The Morgan fingerprint density at radius 1 is 1.09 bits per heavy atom. The lowest BCUT2D eigenvalue weighted by Gasteiger charge is -2.13. The van der Waals surface area contributed by atoms with E-state index in [1.54, 1.807) is 12.1 Å². The first-order chi connectivity index (χ1) is 10.1. The van der Waals surface area contributed by atoms with Gasteiger partial charge in [-0.25, -0.2) is 13.2 Å². The second kappa shape index (κ2) is 5.61. The van der Waals surface area contributed by atoms with Crippen molar-refractivity contribution in [3.63, 3.8) is 0 Å². The van der Waals surface area contributed by atoms with Gasteiger partial charge in [0, 0.05) is 24.3 Å². The summed E-state index contributed by atoms with van der Waals surface area (Å²) in [4.78, 5) is 23.1. The molecule has 0 saturated heterocycles. The third-order valence-corrected chi connectivity index (χ3v) is 4.99. The second-order valence-electron chi connectivity index (χ2n) is 4.53. The van der Waals surface area contributed by atoms with Crippen molar-refractivity contribution in [3.05, 3.63) is 49.6 Å². The van der Waals surface area contributed by atoms with Gasteiger partial charge < -0.3 is 5.73 Å². The molecule has 2 rings (SSSR count). The molecule has 0 aliphatic heterocycles. The Bertz CT molecular complexity index is 945. The van der Waals surface area contributed by atoms with Gasteiger partial charge in [0.05, 0.1) is 0 Å². The van der Waals surface area contributed by atoms with Crippen LogP contribution in [0, 0.1) is 0 Å². The summed E-state index contributed by atoms with van der Waals surface area (Å²) in [6.07, 6.45) is 0. The van der Waals surface area contributed by atoms with Gasteiger partial charge >= 0.3 is 5.69 Å². The summed E-state index contributed by atoms with van der Waals surface area (Å²) < 4.78 is 29.4. The zero-order valence-electron chi connectivity index (χ0n) is 11.7. The predicted molar refractivity (Wildman–Crippen MR) is 86.3 cm³/mol. The van der Waals surface area contributed by atoms with Gasteiger partial charge in [0.2, 0.25) is 0 Å². The first kappa shape index (κ1) is 16.3. The maximum absolute atomic E-state index is 12.4. The number of sulfonamides is 1. The molecular formula is C12H13BrN4O4S. The fourth-order valence-corrected chi connectivity index (χ4v) is 3.40. The molecule has 0 amide bonds. The molecule has 0 radical (unpaired) electrons. The van der Waals surface area contributed by atoms with Gasteiger partial charge in [-0.15, -0.1) is 0 Å². The highest BCUT2D eigenvalue weighted by Gasteiger charge is 2.26. The molecule has 0 bridgehead atoms. The van der Waals surface area contributed by atoms with Crippen molar-refractivity contribution in [2.24, 2.45) is 14.1 Å². The molecule has 1 aromatic heterocycles. The van der Waals surface area contributed by atoms with E-state index < -0.39 is 32.0 Å². The Balaban J connectivity index is 2.62. The lowest BCUT2D eigenvalue weighted by atomic mass is 10.3. The highest BCUT2D eigenvalue weighted by molar-refractivity contribution is 9.10. The molecule has 118 valence electrons. The summed E-state index contributed by atoms with van der Waals surface area (Å²) in [7, 11) is -1.76. The van der Waals surface area contributed by atoms with Crippen LogP contribution in [0.3, 0.4) is 0 Å². The number of anilines is 2. The molecule has 0 aliphatic carbocycles. The zero-order chi connectivity index (χ0) is 16.7. The molecular weight excluding hydrogens is 376 g/mol. The minimum atomic E-state index is -4.23. The Morgan fingerprint density at radius 2 is 1.64 bits per heavy atom. The molecule has 1 aromatic carbocycles. The monoisotopic (exact) mass is 388 g/mol. The number of aromatic nitrogens is 2. The number of nitrogen functional groups attached to an aromatic ring is 1. The van der Waals surface area contributed by atoms with Crippen LogP contribution in [0.2, 0.25) is 0 Å². The highest BCUT2D eigenvalue weighted by atomic mass is 79.9. The van der Waals surface area contributed by atoms with Crippen molar-refractivity contribution in [1.29, 1.82) is 0 Å². The molecule has 0 saturated carbocycles. The fraction of sp³-hybridized carbons (Fsp3) is 0.167.